The lowest BCUT2D eigenvalue weighted by atomic mass is 10.1. The topological polar surface area (TPSA) is 102 Å². The van der Waals surface area contributed by atoms with Gasteiger partial charge in [0.1, 0.15) is 11.6 Å². The van der Waals surface area contributed by atoms with Crippen molar-refractivity contribution in [3.8, 4) is 0 Å². The molecular weight excluding hydrogens is 421 g/mol. The van der Waals surface area contributed by atoms with Crippen LogP contribution in [-0.4, -0.2) is 61.9 Å². The Balaban J connectivity index is 1.43. The SMILES string of the molecule is CC(CN(Cc1cc(F)cc2[nH]ncc12)c1nccc(Nc2cc(C3CC3)[nH]n2)n1)N(C)C. The van der Waals surface area contributed by atoms with Crippen molar-refractivity contribution in [3.63, 3.8) is 0 Å². The van der Waals surface area contributed by atoms with Gasteiger partial charge in [-0.05, 0) is 57.6 Å². The Morgan fingerprint density at radius 3 is 2.82 bits per heavy atom. The minimum absolute atomic E-state index is 0.228. The predicted molar refractivity (Wildman–Crippen MR) is 126 cm³/mol. The molecule has 3 N–H and O–H groups in total. The van der Waals surface area contributed by atoms with E-state index in [1.807, 2.05) is 26.2 Å². The van der Waals surface area contributed by atoms with Crippen LogP contribution in [0.15, 0.2) is 36.7 Å². The zero-order valence-electron chi connectivity index (χ0n) is 19.0. The van der Waals surface area contributed by atoms with Crippen LogP contribution in [0.3, 0.4) is 0 Å². The first-order chi connectivity index (χ1) is 16.0. The third-order valence-corrected chi connectivity index (χ3v) is 6.13. The summed E-state index contributed by atoms with van der Waals surface area (Å²) in [6, 6.07) is 7.09. The summed E-state index contributed by atoms with van der Waals surface area (Å²) in [4.78, 5) is 13.5. The van der Waals surface area contributed by atoms with Crippen LogP contribution < -0.4 is 10.2 Å². The van der Waals surface area contributed by atoms with Crippen LogP contribution in [0.2, 0.25) is 0 Å². The van der Waals surface area contributed by atoms with Crippen LogP contribution in [0.5, 0.6) is 0 Å². The van der Waals surface area contributed by atoms with Crippen LogP contribution in [-0.2, 0) is 6.54 Å². The van der Waals surface area contributed by atoms with Crippen LogP contribution >= 0.6 is 0 Å². The fourth-order valence-corrected chi connectivity index (χ4v) is 3.83. The minimum atomic E-state index is -0.302. The van der Waals surface area contributed by atoms with Gasteiger partial charge in [0.2, 0.25) is 5.95 Å². The average molecular weight is 450 g/mol. The highest BCUT2D eigenvalue weighted by Gasteiger charge is 2.25. The highest BCUT2D eigenvalue weighted by molar-refractivity contribution is 5.82. The molecule has 0 saturated heterocycles. The minimum Gasteiger partial charge on any atom is -0.335 e. The van der Waals surface area contributed by atoms with Gasteiger partial charge in [-0.1, -0.05) is 0 Å². The van der Waals surface area contributed by atoms with E-state index in [-0.39, 0.29) is 11.9 Å². The quantitative estimate of drug-likeness (QED) is 0.357. The number of benzene rings is 1. The number of hydrogen-bond acceptors (Lipinski definition) is 7. The standard InChI is InChI=1S/C23H28FN9/c1-14(32(2)3)12-33(13-16-8-17(24)9-20-18(16)11-26-29-20)23-25-7-6-21(28-23)27-22-10-19(30-31-22)15-4-5-15/h6-11,14-15H,4-5,12-13H2,1-3H3,(H,26,29)(H2,25,27,28,30,31). The summed E-state index contributed by atoms with van der Waals surface area (Å²) in [7, 11) is 4.07. The van der Waals surface area contributed by atoms with Gasteiger partial charge in [-0.3, -0.25) is 10.2 Å². The molecule has 172 valence electrons. The van der Waals surface area contributed by atoms with E-state index in [1.165, 1.54) is 18.9 Å². The molecule has 9 nitrogen and oxygen atoms in total. The first-order valence-electron chi connectivity index (χ1n) is 11.1. The van der Waals surface area contributed by atoms with Gasteiger partial charge in [0, 0.05) is 48.4 Å². The summed E-state index contributed by atoms with van der Waals surface area (Å²) in [5.74, 6) is 2.25. The molecule has 0 aliphatic heterocycles. The maximum atomic E-state index is 14.3. The third-order valence-electron chi connectivity index (χ3n) is 6.13. The summed E-state index contributed by atoms with van der Waals surface area (Å²) in [5.41, 5.74) is 2.66. The number of nitrogens with one attached hydrogen (secondary N) is 3. The molecule has 0 spiro atoms. The molecule has 3 aromatic heterocycles. The number of rotatable bonds is 9. The van der Waals surface area contributed by atoms with Gasteiger partial charge in [-0.25, -0.2) is 9.37 Å². The number of hydrogen-bond donors (Lipinski definition) is 3. The van der Waals surface area contributed by atoms with Crippen LogP contribution in [0.25, 0.3) is 10.9 Å². The zero-order chi connectivity index (χ0) is 22.9. The van der Waals surface area contributed by atoms with Gasteiger partial charge in [-0.2, -0.15) is 15.2 Å². The van der Waals surface area contributed by atoms with E-state index in [4.69, 9.17) is 4.98 Å². The van der Waals surface area contributed by atoms with Crippen molar-refractivity contribution in [2.45, 2.75) is 38.3 Å². The fraction of sp³-hybridized carbons (Fsp3) is 0.391. The lowest BCUT2D eigenvalue weighted by molar-refractivity contribution is 0.313. The Morgan fingerprint density at radius 1 is 1.18 bits per heavy atom. The number of nitrogens with zero attached hydrogens (tertiary/aromatic N) is 6. The molecule has 0 amide bonds. The molecule has 0 bridgehead atoms. The zero-order valence-corrected chi connectivity index (χ0v) is 19.0. The molecule has 0 radical (unpaired) electrons. The van der Waals surface area contributed by atoms with Crippen molar-refractivity contribution in [3.05, 3.63) is 53.7 Å². The Bertz CT molecular complexity index is 1240. The number of likely N-dealkylation sites (N-methyl/N-ethyl adjacent to an activating group) is 1. The van der Waals surface area contributed by atoms with Gasteiger partial charge in [0.25, 0.3) is 0 Å². The summed E-state index contributed by atoms with van der Waals surface area (Å²) in [6.07, 6.45) is 5.88. The largest absolute Gasteiger partial charge is 0.335 e. The van der Waals surface area contributed by atoms with Crippen LogP contribution in [0.4, 0.5) is 22.0 Å². The van der Waals surface area contributed by atoms with Gasteiger partial charge in [0.05, 0.1) is 11.7 Å². The maximum absolute atomic E-state index is 14.3. The molecule has 3 heterocycles. The molecule has 1 atom stereocenters. The second kappa shape index (κ2) is 8.78. The van der Waals surface area contributed by atoms with E-state index in [2.05, 4.69) is 47.4 Å². The van der Waals surface area contributed by atoms with E-state index in [1.54, 1.807) is 18.5 Å². The summed E-state index contributed by atoms with van der Waals surface area (Å²) in [5, 5.41) is 18.6. The smallest absolute Gasteiger partial charge is 0.227 e. The number of anilines is 3. The number of H-pyrrole nitrogens is 2. The molecule has 1 saturated carbocycles. The van der Waals surface area contributed by atoms with E-state index < -0.39 is 0 Å². The third kappa shape index (κ3) is 4.80. The molecule has 5 rings (SSSR count). The molecular formula is C23H28FN9. The highest BCUT2D eigenvalue weighted by atomic mass is 19.1. The lowest BCUT2D eigenvalue weighted by Crippen LogP contribution is -2.39. The van der Waals surface area contributed by atoms with Crippen molar-refractivity contribution in [1.29, 1.82) is 0 Å². The van der Waals surface area contributed by atoms with Crippen molar-refractivity contribution in [1.82, 2.24) is 35.3 Å². The van der Waals surface area contributed by atoms with Crippen LogP contribution in [0, 0.1) is 5.82 Å². The molecule has 10 heteroatoms. The van der Waals surface area contributed by atoms with E-state index >= 15 is 0 Å². The second-order valence-electron chi connectivity index (χ2n) is 8.94. The van der Waals surface area contributed by atoms with Crippen molar-refractivity contribution in [2.75, 3.05) is 30.9 Å². The molecule has 33 heavy (non-hydrogen) atoms. The normalized spacial score (nSPS) is 14.7. The summed E-state index contributed by atoms with van der Waals surface area (Å²) in [6.45, 7) is 3.25. The molecule has 4 aromatic rings. The number of aromatic nitrogens is 6. The number of fused-ring (bicyclic) bond motifs is 1. The summed E-state index contributed by atoms with van der Waals surface area (Å²) < 4.78 is 14.3. The molecule has 1 aromatic carbocycles. The Hall–Kier alpha value is -3.53. The first kappa shape index (κ1) is 21.3. The highest BCUT2D eigenvalue weighted by Crippen LogP contribution is 2.39. The van der Waals surface area contributed by atoms with Gasteiger partial charge >= 0.3 is 0 Å². The number of halogens is 1. The van der Waals surface area contributed by atoms with Crippen LogP contribution in [0.1, 0.15) is 36.9 Å². The van der Waals surface area contributed by atoms with Crippen molar-refractivity contribution < 1.29 is 4.39 Å². The Kier molecular flexibility index (Phi) is 5.67. The monoisotopic (exact) mass is 449 g/mol. The predicted octanol–water partition coefficient (Wildman–Crippen LogP) is 3.79. The van der Waals surface area contributed by atoms with Gasteiger partial charge in [-0.15, -0.1) is 0 Å². The van der Waals surface area contributed by atoms with E-state index in [0.717, 1.165) is 22.5 Å². The lowest BCUT2D eigenvalue weighted by Gasteiger charge is -2.29. The van der Waals surface area contributed by atoms with Crippen molar-refractivity contribution in [2.24, 2.45) is 0 Å². The van der Waals surface area contributed by atoms with E-state index in [0.29, 0.717) is 36.3 Å². The first-order valence-corrected chi connectivity index (χ1v) is 11.1. The molecule has 1 unspecified atom stereocenters. The fourth-order valence-electron chi connectivity index (χ4n) is 3.83. The Labute approximate surface area is 191 Å². The van der Waals surface area contributed by atoms with E-state index in [9.17, 15) is 4.39 Å². The van der Waals surface area contributed by atoms with Gasteiger partial charge in [0.15, 0.2) is 5.82 Å². The molecule has 1 fully saturated rings. The second-order valence-corrected chi connectivity index (χ2v) is 8.94. The number of aromatic amines is 2. The average Bonchev–Trinajstić information content (AvgIpc) is 3.35. The van der Waals surface area contributed by atoms with Crippen molar-refractivity contribution >= 4 is 28.5 Å². The summed E-state index contributed by atoms with van der Waals surface area (Å²) >= 11 is 0. The molecule has 1 aliphatic rings. The molecule has 1 aliphatic carbocycles. The Morgan fingerprint density at radius 2 is 2.03 bits per heavy atom. The maximum Gasteiger partial charge on any atom is 0.227 e. The van der Waals surface area contributed by atoms with Gasteiger partial charge < -0.3 is 15.1 Å².